The highest BCUT2D eigenvalue weighted by Crippen LogP contribution is 2.76. The first kappa shape index (κ1) is 43.1. The predicted molar refractivity (Wildman–Crippen MR) is 216 cm³/mol. The number of amides is 2. The van der Waals surface area contributed by atoms with Gasteiger partial charge in [0.15, 0.2) is 5.78 Å². The Labute approximate surface area is 340 Å². The zero-order valence-electron chi connectivity index (χ0n) is 36.4. The maximum atomic E-state index is 14.3. The number of allylic oxidation sites excluding steroid dienone is 1. The second kappa shape index (κ2) is 13.5. The summed E-state index contributed by atoms with van der Waals surface area (Å²) in [5, 5.41) is 16.0. The first-order valence-corrected chi connectivity index (χ1v) is 21.7. The van der Waals surface area contributed by atoms with Crippen LogP contribution >= 0.6 is 11.8 Å². The van der Waals surface area contributed by atoms with Gasteiger partial charge in [-0.2, -0.15) is 0 Å². The maximum Gasteiger partial charge on any atom is 0.309 e. The number of Topliss-reactive ketones (excluding diaryl/α,β-unsaturated/α-hetero) is 1. The van der Waals surface area contributed by atoms with Gasteiger partial charge in [-0.05, 0) is 154 Å². The Morgan fingerprint density at radius 1 is 0.786 bits per heavy atom. The normalized spacial score (nSPS) is 40.0. The van der Waals surface area contributed by atoms with Crippen LogP contribution in [0.4, 0.5) is 0 Å². The Morgan fingerprint density at radius 3 is 2.00 bits per heavy atom. The summed E-state index contributed by atoms with van der Waals surface area (Å²) in [7, 11) is 0. The van der Waals surface area contributed by atoms with Gasteiger partial charge in [-0.25, -0.2) is 4.84 Å². The highest BCUT2D eigenvalue weighted by molar-refractivity contribution is 6.15. The maximum absolute atomic E-state index is 14.3. The minimum absolute atomic E-state index is 0.0139. The van der Waals surface area contributed by atoms with Gasteiger partial charge in [-0.1, -0.05) is 62.3 Å². The van der Waals surface area contributed by atoms with Crippen molar-refractivity contribution in [3.8, 4) is 0 Å². The summed E-state index contributed by atoms with van der Waals surface area (Å²) in [6.07, 6.45) is 7.64. The third-order valence-electron chi connectivity index (χ3n) is 17.6. The molecule has 0 aliphatic heterocycles. The summed E-state index contributed by atoms with van der Waals surface area (Å²) in [5.74, 6) is -1.70. The molecule has 5 saturated carbocycles. The van der Waals surface area contributed by atoms with Gasteiger partial charge in [-0.3, -0.25) is 24.0 Å². The monoisotopic (exact) mass is 799 g/mol. The van der Waals surface area contributed by atoms with Gasteiger partial charge in [0.1, 0.15) is 17.2 Å². The van der Waals surface area contributed by atoms with E-state index in [9.17, 15) is 29.1 Å². The van der Waals surface area contributed by atoms with Crippen LogP contribution in [0.15, 0.2) is 11.1 Å². The molecule has 0 saturated heterocycles. The molecule has 4 N–H and O–H groups in total. The van der Waals surface area contributed by atoms with E-state index >= 15 is 0 Å². The lowest BCUT2D eigenvalue weighted by atomic mass is 9.33. The Morgan fingerprint density at radius 2 is 1.43 bits per heavy atom. The van der Waals surface area contributed by atoms with E-state index in [-0.39, 0.29) is 63.7 Å². The van der Waals surface area contributed by atoms with Crippen LogP contribution in [0.2, 0.25) is 0 Å². The van der Waals surface area contributed by atoms with Crippen LogP contribution in [-0.2, 0) is 28.7 Å². The molecule has 6 aliphatic carbocycles. The molecule has 0 spiro atoms. The van der Waals surface area contributed by atoms with Gasteiger partial charge in [0.05, 0.1) is 17.4 Å². The van der Waals surface area contributed by atoms with Gasteiger partial charge < -0.3 is 20.5 Å². The van der Waals surface area contributed by atoms with Gasteiger partial charge >= 0.3 is 11.9 Å². The van der Waals surface area contributed by atoms with Crippen molar-refractivity contribution >= 4 is 41.3 Å². The molecule has 10 atom stereocenters. The highest BCUT2D eigenvalue weighted by atomic mass is 35.5. The number of carbonyl (C=O) groups excluding carboxylic acids is 4. The molecule has 5 fully saturated rings. The number of hydrogen-bond acceptors (Lipinski definition) is 7. The number of esters is 1. The van der Waals surface area contributed by atoms with Gasteiger partial charge in [-0.15, -0.1) is 0 Å². The SMILES string of the molecule is CC(C)C1=C2[C@H]3CC[C@@H]4[C@@]5(C)CC[C@H](OC(=O)[C@H]6C[C@@H](C(=O)O)C6(C)C)C(C)(C)[C@@H]5CC[C@@]4(C)[C@]3(C)CC[C@@]2(NC(=O)C(C)(C)NC(=O)C(C)(C)NCl)CC1=O. The first-order chi connectivity index (χ1) is 25.6. The molecule has 0 aromatic carbocycles. The molecule has 56 heavy (non-hydrogen) atoms. The summed E-state index contributed by atoms with van der Waals surface area (Å²) in [4.78, 5) is 69.4. The van der Waals surface area contributed by atoms with Crippen LogP contribution in [0.3, 0.4) is 0 Å². The van der Waals surface area contributed by atoms with Crippen molar-refractivity contribution in [1.82, 2.24) is 15.5 Å². The molecule has 6 aliphatic rings. The molecule has 0 bridgehead atoms. The highest BCUT2D eigenvalue weighted by Gasteiger charge is 2.71. The largest absolute Gasteiger partial charge is 0.481 e. The van der Waals surface area contributed by atoms with Crippen molar-refractivity contribution in [2.24, 2.45) is 62.6 Å². The smallest absolute Gasteiger partial charge is 0.309 e. The van der Waals surface area contributed by atoms with E-state index in [2.05, 4.69) is 63.9 Å². The van der Waals surface area contributed by atoms with E-state index in [1.54, 1.807) is 27.7 Å². The molecule has 0 unspecified atom stereocenters. The predicted octanol–water partition coefficient (Wildman–Crippen LogP) is 7.91. The zero-order chi connectivity index (χ0) is 42.0. The Hall–Kier alpha value is -2.46. The first-order valence-electron chi connectivity index (χ1n) is 21.3. The number of aliphatic carboxylic acids is 1. The van der Waals surface area contributed by atoms with Gasteiger partial charge in [0, 0.05) is 11.8 Å². The number of hydrogen-bond donors (Lipinski definition) is 4. The number of ketones is 1. The standard InChI is InChI=1S/C45H70ClN3O7/c1-24(2)32-28(50)23-45(48-36(54)40(7,8)47-37(55)41(9,10)49-46)21-20-43(12)25(33(32)45)14-15-30-42(11)18-17-31(39(5,6)29(42)16-19-44(30,43)13)56-35(53)27-22-26(34(51)52)38(27,3)4/h24-27,29-31,49H,14-23H2,1-13H3,(H,47,55)(H,48,54)(H,51,52)/t25-,26+,27-,29+,30-,31+,42+,43-,44-,45-/m1/s1. The molecule has 11 heteroatoms. The molecular formula is C45H70ClN3O7. The molecule has 0 aromatic heterocycles. The second-order valence-electron chi connectivity index (χ2n) is 22.3. The summed E-state index contributed by atoms with van der Waals surface area (Å²) in [5.41, 5.74) is -2.11. The molecule has 2 amide bonds. The third kappa shape index (κ3) is 6.13. The number of carbonyl (C=O) groups is 5. The molecule has 0 heterocycles. The average Bonchev–Trinajstić information content (AvgIpc) is 3.37. The number of carboxylic acids is 1. The minimum atomic E-state index is -1.25. The minimum Gasteiger partial charge on any atom is -0.481 e. The van der Waals surface area contributed by atoms with Gasteiger partial charge in [0.25, 0.3) is 0 Å². The van der Waals surface area contributed by atoms with Crippen LogP contribution < -0.4 is 15.5 Å². The van der Waals surface area contributed by atoms with Crippen LogP contribution in [0, 0.1) is 62.6 Å². The van der Waals surface area contributed by atoms with E-state index in [0.717, 1.165) is 56.1 Å². The fourth-order valence-electron chi connectivity index (χ4n) is 13.8. The molecule has 314 valence electrons. The summed E-state index contributed by atoms with van der Waals surface area (Å²) in [6, 6.07) is 0. The molecule has 0 radical (unpaired) electrons. The fraction of sp³-hybridized carbons (Fsp3) is 0.844. The van der Waals surface area contributed by atoms with Crippen LogP contribution in [-0.4, -0.2) is 57.4 Å². The van der Waals surface area contributed by atoms with Crippen LogP contribution in [0.5, 0.6) is 0 Å². The van der Waals surface area contributed by atoms with Crippen molar-refractivity contribution in [1.29, 1.82) is 0 Å². The second-order valence-corrected chi connectivity index (χ2v) is 22.5. The van der Waals surface area contributed by atoms with Crippen molar-refractivity contribution in [3.05, 3.63) is 11.1 Å². The van der Waals surface area contributed by atoms with Crippen molar-refractivity contribution < 1.29 is 33.8 Å². The molecule has 10 nitrogen and oxygen atoms in total. The number of carboxylic acid groups (broad SMARTS) is 1. The van der Waals surface area contributed by atoms with E-state index < -0.39 is 45.7 Å². The lowest BCUT2D eigenvalue weighted by Crippen LogP contribution is -2.69. The third-order valence-corrected chi connectivity index (χ3v) is 18.1. The van der Waals surface area contributed by atoms with Crippen LogP contribution in [0.1, 0.15) is 154 Å². The lowest BCUT2D eigenvalue weighted by molar-refractivity contribution is -0.235. The summed E-state index contributed by atoms with van der Waals surface area (Å²) in [6.45, 7) is 26.7. The summed E-state index contributed by atoms with van der Waals surface area (Å²) < 4.78 is 6.40. The quantitative estimate of drug-likeness (QED) is 0.136. The van der Waals surface area contributed by atoms with Crippen molar-refractivity contribution in [3.63, 3.8) is 0 Å². The molecular weight excluding hydrogens is 730 g/mol. The number of rotatable bonds is 9. The van der Waals surface area contributed by atoms with Crippen molar-refractivity contribution in [2.45, 2.75) is 177 Å². The molecule has 0 aromatic rings. The van der Waals surface area contributed by atoms with E-state index in [1.807, 2.05) is 13.8 Å². The summed E-state index contributed by atoms with van der Waals surface area (Å²) >= 11 is 5.86. The Kier molecular flexibility index (Phi) is 10.4. The van der Waals surface area contributed by atoms with E-state index in [1.165, 1.54) is 0 Å². The number of fused-ring (bicyclic) bond motifs is 7. The van der Waals surface area contributed by atoms with Crippen molar-refractivity contribution in [2.75, 3.05) is 0 Å². The average molecular weight is 801 g/mol. The number of halogens is 1. The van der Waals surface area contributed by atoms with E-state index in [0.29, 0.717) is 24.7 Å². The van der Waals surface area contributed by atoms with Gasteiger partial charge in [0.2, 0.25) is 11.8 Å². The number of nitrogens with one attached hydrogen (secondary N) is 3. The lowest BCUT2D eigenvalue weighted by Gasteiger charge is -2.72. The van der Waals surface area contributed by atoms with Crippen LogP contribution in [0.25, 0.3) is 0 Å². The zero-order valence-corrected chi connectivity index (χ0v) is 37.1. The Balaban J connectivity index is 1.27. The van der Waals surface area contributed by atoms with E-state index in [4.69, 9.17) is 16.5 Å². The molecule has 6 rings (SSSR count). The Bertz CT molecular complexity index is 1730. The topological polar surface area (TPSA) is 151 Å². The fourth-order valence-corrected chi connectivity index (χ4v) is 13.9. The number of ether oxygens (including phenoxy) is 1.